The number of ether oxygens (including phenoxy) is 1. The molecule has 0 bridgehead atoms. The average molecular weight is 494 g/mol. The van der Waals surface area contributed by atoms with E-state index in [0.717, 1.165) is 49.1 Å². The molecule has 0 saturated carbocycles. The highest BCUT2D eigenvalue weighted by Crippen LogP contribution is 2.36. The largest absolute Gasteiger partial charge is 0.454 e. The van der Waals surface area contributed by atoms with Crippen LogP contribution in [0, 0.1) is 11.7 Å². The van der Waals surface area contributed by atoms with Crippen molar-refractivity contribution in [3.63, 3.8) is 0 Å². The Bertz CT molecular complexity index is 1350. The summed E-state index contributed by atoms with van der Waals surface area (Å²) in [5.74, 6) is -0.371. The number of carbonyl (C=O) groups is 1. The second-order valence-corrected chi connectivity index (χ2v) is 11.1. The maximum Gasteiger partial charge on any atom is 0.307 e. The zero-order chi connectivity index (χ0) is 23.8. The molecule has 0 unspecified atom stereocenters. The first kappa shape index (κ1) is 23.5. The molecule has 0 amide bonds. The molecule has 3 aromatic rings. The lowest BCUT2D eigenvalue weighted by Gasteiger charge is -2.17. The average Bonchev–Trinajstić information content (AvgIpc) is 3.11. The highest BCUT2D eigenvalue weighted by molar-refractivity contribution is 7.89. The molecule has 176 valence electrons. The molecule has 33 heavy (non-hydrogen) atoms. The first-order chi connectivity index (χ1) is 15.6. The van der Waals surface area contributed by atoms with Gasteiger partial charge in [-0.05, 0) is 61.9 Å². The quantitative estimate of drug-likeness (QED) is 0.488. The van der Waals surface area contributed by atoms with Crippen molar-refractivity contribution < 1.29 is 22.3 Å². The van der Waals surface area contributed by atoms with Gasteiger partial charge in [-0.15, -0.1) is 11.3 Å². The lowest BCUT2D eigenvalue weighted by atomic mass is 9.89. The van der Waals surface area contributed by atoms with E-state index in [1.54, 1.807) is 6.92 Å². The molecule has 1 aliphatic carbocycles. The van der Waals surface area contributed by atoms with Crippen LogP contribution in [0.5, 0.6) is 0 Å². The topological polar surface area (TPSA) is 118 Å². The molecule has 0 aliphatic heterocycles. The molecule has 2 heterocycles. The number of rotatable bonds is 7. The van der Waals surface area contributed by atoms with E-state index in [0.29, 0.717) is 16.1 Å². The predicted molar refractivity (Wildman–Crippen MR) is 122 cm³/mol. The Balaban J connectivity index is 1.38. The fourth-order valence-corrected chi connectivity index (χ4v) is 6.28. The number of benzene rings is 1. The number of hydrogen-bond acceptors (Lipinski definition) is 7. The summed E-state index contributed by atoms with van der Waals surface area (Å²) in [7, 11) is -3.87. The SMILES string of the molecule is C[C@H]1CCc2c(sc3nc([C@@H](C)OC(=O)CCNS(=O)(=O)c4ccc(F)cc4)[nH]c(=O)c23)C1. The standard InChI is InChI=1S/C22H24FN3O5S2/c1-12-3-8-16-17(11-12)32-22-19(16)21(28)25-20(26-22)13(2)31-18(27)9-10-24-33(29,30)15-6-4-14(23)5-7-15/h4-7,12-13,24H,3,8-11H2,1-2H3,(H,25,26,28)/t12-,13+/m0/s1. The summed E-state index contributed by atoms with van der Waals surface area (Å²) >= 11 is 1.51. The fourth-order valence-electron chi connectivity index (χ4n) is 3.85. The van der Waals surface area contributed by atoms with Crippen LogP contribution in [0.1, 0.15) is 49.1 Å². The first-order valence-corrected chi connectivity index (χ1v) is 12.9. The van der Waals surface area contributed by atoms with Gasteiger partial charge in [0.15, 0.2) is 11.9 Å². The number of sulfonamides is 1. The highest BCUT2D eigenvalue weighted by atomic mass is 32.2. The number of aryl methyl sites for hydroxylation is 1. The normalized spacial score (nSPS) is 17.0. The van der Waals surface area contributed by atoms with Gasteiger partial charge in [0.25, 0.3) is 5.56 Å². The van der Waals surface area contributed by atoms with Crippen molar-refractivity contribution >= 4 is 37.5 Å². The maximum atomic E-state index is 13.0. The van der Waals surface area contributed by atoms with Crippen molar-refractivity contribution in [2.75, 3.05) is 6.54 Å². The van der Waals surface area contributed by atoms with Crippen LogP contribution in [0.2, 0.25) is 0 Å². The van der Waals surface area contributed by atoms with Gasteiger partial charge in [-0.3, -0.25) is 9.59 Å². The number of H-pyrrole nitrogens is 1. The van der Waals surface area contributed by atoms with E-state index in [9.17, 15) is 22.4 Å². The molecular formula is C22H24FN3O5S2. The molecular weight excluding hydrogens is 469 g/mol. The van der Waals surface area contributed by atoms with E-state index in [1.807, 2.05) is 0 Å². The van der Waals surface area contributed by atoms with E-state index < -0.39 is 27.9 Å². The third-order valence-electron chi connectivity index (χ3n) is 5.62. The number of aromatic amines is 1. The van der Waals surface area contributed by atoms with Gasteiger partial charge in [-0.25, -0.2) is 22.5 Å². The van der Waals surface area contributed by atoms with E-state index in [-0.39, 0.29) is 29.2 Å². The van der Waals surface area contributed by atoms with Gasteiger partial charge >= 0.3 is 5.97 Å². The lowest BCUT2D eigenvalue weighted by molar-refractivity contribution is -0.148. The number of esters is 1. The van der Waals surface area contributed by atoms with Crippen LogP contribution in [0.25, 0.3) is 10.2 Å². The second kappa shape index (κ2) is 9.32. The lowest BCUT2D eigenvalue weighted by Crippen LogP contribution is -2.27. The summed E-state index contributed by atoms with van der Waals surface area (Å²) in [5.41, 5.74) is 0.837. The number of aromatic nitrogens is 2. The van der Waals surface area contributed by atoms with Crippen molar-refractivity contribution in [3.8, 4) is 0 Å². The summed E-state index contributed by atoms with van der Waals surface area (Å²) in [4.78, 5) is 33.9. The van der Waals surface area contributed by atoms with Crippen LogP contribution >= 0.6 is 11.3 Å². The van der Waals surface area contributed by atoms with Crippen LogP contribution < -0.4 is 10.3 Å². The maximum absolute atomic E-state index is 13.0. The van der Waals surface area contributed by atoms with Crippen molar-refractivity contribution in [2.45, 2.75) is 50.5 Å². The van der Waals surface area contributed by atoms with Crippen molar-refractivity contribution in [3.05, 3.63) is 56.7 Å². The number of thiophene rings is 1. The van der Waals surface area contributed by atoms with Crippen LogP contribution in [0.3, 0.4) is 0 Å². The Kier molecular flexibility index (Phi) is 6.64. The molecule has 2 aromatic heterocycles. The van der Waals surface area contributed by atoms with Crippen molar-refractivity contribution in [1.82, 2.24) is 14.7 Å². The molecule has 2 atom stereocenters. The van der Waals surface area contributed by atoms with E-state index in [4.69, 9.17) is 4.74 Å². The number of carbonyl (C=O) groups excluding carboxylic acids is 1. The molecule has 11 heteroatoms. The monoisotopic (exact) mass is 493 g/mol. The van der Waals surface area contributed by atoms with E-state index >= 15 is 0 Å². The van der Waals surface area contributed by atoms with Gasteiger partial charge in [0, 0.05) is 11.4 Å². The van der Waals surface area contributed by atoms with E-state index in [1.165, 1.54) is 16.2 Å². The zero-order valence-corrected chi connectivity index (χ0v) is 19.8. The molecule has 2 N–H and O–H groups in total. The summed E-state index contributed by atoms with van der Waals surface area (Å²) in [6.45, 7) is 3.60. The summed E-state index contributed by atoms with van der Waals surface area (Å²) in [5, 5.41) is 0.624. The third kappa shape index (κ3) is 5.15. The van der Waals surface area contributed by atoms with Gasteiger partial charge in [-0.1, -0.05) is 6.92 Å². The number of nitrogens with one attached hydrogen (secondary N) is 2. The van der Waals surface area contributed by atoms with Gasteiger partial charge in [0.1, 0.15) is 10.6 Å². The fraction of sp³-hybridized carbons (Fsp3) is 0.409. The molecule has 0 fully saturated rings. The molecule has 0 saturated heterocycles. The van der Waals surface area contributed by atoms with Gasteiger partial charge in [-0.2, -0.15) is 0 Å². The Labute approximate surface area is 194 Å². The smallest absolute Gasteiger partial charge is 0.307 e. The highest BCUT2D eigenvalue weighted by Gasteiger charge is 2.24. The van der Waals surface area contributed by atoms with Gasteiger partial charge in [0.2, 0.25) is 10.0 Å². The Morgan fingerprint density at radius 2 is 2.09 bits per heavy atom. The van der Waals surface area contributed by atoms with Crippen LogP contribution in [-0.2, 0) is 32.4 Å². The number of nitrogens with zero attached hydrogens (tertiary/aromatic N) is 1. The number of fused-ring (bicyclic) bond motifs is 3. The summed E-state index contributed by atoms with van der Waals surface area (Å²) < 4.78 is 45.0. The van der Waals surface area contributed by atoms with Crippen LogP contribution in [-0.4, -0.2) is 30.9 Å². The van der Waals surface area contributed by atoms with Crippen molar-refractivity contribution in [1.29, 1.82) is 0 Å². The molecule has 0 spiro atoms. The Morgan fingerprint density at radius 1 is 1.36 bits per heavy atom. The second-order valence-electron chi connectivity index (χ2n) is 8.22. The minimum atomic E-state index is -3.87. The minimum Gasteiger partial charge on any atom is -0.454 e. The number of halogens is 1. The summed E-state index contributed by atoms with van der Waals surface area (Å²) in [6, 6.07) is 4.36. The predicted octanol–water partition coefficient (Wildman–Crippen LogP) is 3.22. The molecule has 4 rings (SSSR count). The van der Waals surface area contributed by atoms with Crippen molar-refractivity contribution in [2.24, 2.45) is 5.92 Å². The van der Waals surface area contributed by atoms with Gasteiger partial charge in [0.05, 0.1) is 16.7 Å². The zero-order valence-electron chi connectivity index (χ0n) is 18.2. The minimum absolute atomic E-state index is 0.103. The van der Waals surface area contributed by atoms with Crippen LogP contribution in [0.4, 0.5) is 4.39 Å². The van der Waals surface area contributed by atoms with Crippen LogP contribution in [0.15, 0.2) is 34.0 Å². The summed E-state index contributed by atoms with van der Waals surface area (Å²) in [6.07, 6.45) is 1.81. The van der Waals surface area contributed by atoms with Gasteiger partial charge < -0.3 is 9.72 Å². The van der Waals surface area contributed by atoms with E-state index in [2.05, 4.69) is 21.6 Å². The molecule has 1 aliphatic rings. The molecule has 8 nitrogen and oxygen atoms in total. The first-order valence-electron chi connectivity index (χ1n) is 10.6. The Hall–Kier alpha value is -2.63. The Morgan fingerprint density at radius 3 is 2.82 bits per heavy atom. The molecule has 1 aromatic carbocycles. The number of hydrogen-bond donors (Lipinski definition) is 2. The third-order valence-corrected chi connectivity index (χ3v) is 8.25. The molecule has 0 radical (unpaired) electrons.